The van der Waals surface area contributed by atoms with E-state index in [2.05, 4.69) is 53.3 Å². The van der Waals surface area contributed by atoms with Gasteiger partial charge in [-0.15, -0.1) is 0 Å². The Morgan fingerprint density at radius 2 is 1.71 bits per heavy atom. The first-order valence-corrected chi connectivity index (χ1v) is 7.79. The highest BCUT2D eigenvalue weighted by Gasteiger charge is 2.10. The normalized spacial score (nSPS) is 10.5. The van der Waals surface area contributed by atoms with E-state index >= 15 is 0 Å². The van der Waals surface area contributed by atoms with Gasteiger partial charge in [0.05, 0.1) is 12.1 Å². The summed E-state index contributed by atoms with van der Waals surface area (Å²) in [5.41, 5.74) is 6.59. The molecule has 3 heteroatoms. The van der Waals surface area contributed by atoms with Gasteiger partial charge in [0.2, 0.25) is 5.91 Å². The van der Waals surface area contributed by atoms with Gasteiger partial charge in [-0.2, -0.15) is 0 Å². The fourth-order valence-electron chi connectivity index (χ4n) is 2.36. The van der Waals surface area contributed by atoms with Crippen molar-refractivity contribution in [2.45, 2.75) is 34.1 Å². The summed E-state index contributed by atoms with van der Waals surface area (Å²) in [5.74, 6) is 0.00547. The average molecular weight is 346 g/mol. The lowest BCUT2D eigenvalue weighted by molar-refractivity contribution is -0.115. The van der Waals surface area contributed by atoms with E-state index in [-0.39, 0.29) is 5.91 Å². The van der Waals surface area contributed by atoms with Crippen molar-refractivity contribution < 1.29 is 4.79 Å². The zero-order valence-electron chi connectivity index (χ0n) is 12.9. The van der Waals surface area contributed by atoms with Crippen LogP contribution in [0.25, 0.3) is 0 Å². The maximum Gasteiger partial charge on any atom is 0.228 e. The second-order valence-electron chi connectivity index (χ2n) is 5.58. The minimum Gasteiger partial charge on any atom is -0.325 e. The number of aryl methyl sites for hydroxylation is 4. The Labute approximate surface area is 134 Å². The van der Waals surface area contributed by atoms with Crippen molar-refractivity contribution in [3.05, 3.63) is 62.6 Å². The zero-order chi connectivity index (χ0) is 15.6. The molecule has 2 nitrogen and oxygen atoms in total. The number of benzene rings is 2. The molecule has 0 spiro atoms. The maximum absolute atomic E-state index is 12.2. The number of anilines is 1. The molecular formula is C18H20BrNO. The monoisotopic (exact) mass is 345 g/mol. The second-order valence-corrected chi connectivity index (χ2v) is 6.44. The standard InChI is InChI=1S/C18H20BrNO/c1-11-7-14(4)18(16(19)8-11)20-17(21)10-15-6-5-12(2)13(3)9-15/h5-9H,10H2,1-4H3,(H,20,21). The van der Waals surface area contributed by atoms with Crippen LogP contribution in [0.5, 0.6) is 0 Å². The van der Waals surface area contributed by atoms with E-state index in [1.165, 1.54) is 16.7 Å². The van der Waals surface area contributed by atoms with E-state index in [4.69, 9.17) is 0 Å². The SMILES string of the molecule is Cc1cc(C)c(NC(=O)Cc2ccc(C)c(C)c2)c(Br)c1. The minimum absolute atomic E-state index is 0.00547. The molecule has 0 radical (unpaired) electrons. The van der Waals surface area contributed by atoms with Crippen LogP contribution in [0.4, 0.5) is 5.69 Å². The summed E-state index contributed by atoms with van der Waals surface area (Å²) in [6, 6.07) is 10.2. The van der Waals surface area contributed by atoms with Gasteiger partial charge < -0.3 is 5.32 Å². The third-order valence-corrected chi connectivity index (χ3v) is 4.26. The molecule has 2 aromatic carbocycles. The summed E-state index contributed by atoms with van der Waals surface area (Å²) >= 11 is 3.52. The largest absolute Gasteiger partial charge is 0.325 e. The smallest absolute Gasteiger partial charge is 0.228 e. The van der Waals surface area contributed by atoms with Gasteiger partial charge in [-0.1, -0.05) is 24.3 Å². The molecule has 0 aliphatic carbocycles. The highest BCUT2D eigenvalue weighted by atomic mass is 79.9. The predicted octanol–water partition coefficient (Wildman–Crippen LogP) is 4.86. The molecule has 2 aromatic rings. The van der Waals surface area contributed by atoms with Crippen molar-refractivity contribution in [2.24, 2.45) is 0 Å². The summed E-state index contributed by atoms with van der Waals surface area (Å²) in [5, 5.41) is 3.00. The molecule has 0 saturated carbocycles. The van der Waals surface area contributed by atoms with Gasteiger partial charge in [-0.25, -0.2) is 0 Å². The number of amides is 1. The Balaban J connectivity index is 2.13. The molecule has 0 aromatic heterocycles. The van der Waals surface area contributed by atoms with Crippen LogP contribution in [0.1, 0.15) is 27.8 Å². The second kappa shape index (κ2) is 6.44. The average Bonchev–Trinajstić information content (AvgIpc) is 2.38. The van der Waals surface area contributed by atoms with Gasteiger partial charge >= 0.3 is 0 Å². The highest BCUT2D eigenvalue weighted by Crippen LogP contribution is 2.28. The molecular weight excluding hydrogens is 326 g/mol. The molecule has 0 aliphatic heterocycles. The first-order valence-electron chi connectivity index (χ1n) is 6.99. The Kier molecular flexibility index (Phi) is 4.84. The van der Waals surface area contributed by atoms with Gasteiger partial charge in [0.25, 0.3) is 0 Å². The topological polar surface area (TPSA) is 29.1 Å². The lowest BCUT2D eigenvalue weighted by atomic mass is 10.0. The van der Waals surface area contributed by atoms with E-state index in [0.29, 0.717) is 6.42 Å². The van der Waals surface area contributed by atoms with Crippen LogP contribution >= 0.6 is 15.9 Å². The van der Waals surface area contributed by atoms with Crippen LogP contribution in [-0.4, -0.2) is 5.91 Å². The summed E-state index contributed by atoms with van der Waals surface area (Å²) < 4.78 is 0.924. The van der Waals surface area contributed by atoms with Crippen molar-refractivity contribution in [1.29, 1.82) is 0 Å². The van der Waals surface area contributed by atoms with Gasteiger partial charge in [0, 0.05) is 4.47 Å². The Morgan fingerprint density at radius 3 is 2.33 bits per heavy atom. The molecule has 0 bridgehead atoms. The van der Waals surface area contributed by atoms with Crippen molar-refractivity contribution >= 4 is 27.5 Å². The van der Waals surface area contributed by atoms with Crippen molar-refractivity contribution in [2.75, 3.05) is 5.32 Å². The number of rotatable bonds is 3. The number of nitrogens with one attached hydrogen (secondary N) is 1. The van der Waals surface area contributed by atoms with Crippen LogP contribution < -0.4 is 5.32 Å². The van der Waals surface area contributed by atoms with E-state index in [1.54, 1.807) is 0 Å². The van der Waals surface area contributed by atoms with Crippen LogP contribution in [0.3, 0.4) is 0 Å². The first kappa shape index (κ1) is 15.8. The quantitative estimate of drug-likeness (QED) is 0.845. The first-order chi connectivity index (χ1) is 9.86. The van der Waals surface area contributed by atoms with E-state index in [0.717, 1.165) is 21.3 Å². The Morgan fingerprint density at radius 1 is 1.00 bits per heavy atom. The molecule has 1 amide bonds. The molecule has 0 fully saturated rings. The zero-order valence-corrected chi connectivity index (χ0v) is 14.5. The van der Waals surface area contributed by atoms with Crippen LogP contribution in [0.15, 0.2) is 34.8 Å². The molecule has 0 heterocycles. The lowest BCUT2D eigenvalue weighted by Gasteiger charge is -2.12. The number of carbonyl (C=O) groups is 1. The Hall–Kier alpha value is -1.61. The van der Waals surface area contributed by atoms with Gasteiger partial charge in [0.15, 0.2) is 0 Å². The van der Waals surface area contributed by atoms with Crippen molar-refractivity contribution in [3.8, 4) is 0 Å². The predicted molar refractivity (Wildman–Crippen MR) is 91.9 cm³/mol. The Bertz CT molecular complexity index is 669. The van der Waals surface area contributed by atoms with Crippen LogP contribution in [-0.2, 0) is 11.2 Å². The van der Waals surface area contributed by atoms with E-state index < -0.39 is 0 Å². The molecule has 21 heavy (non-hydrogen) atoms. The van der Waals surface area contributed by atoms with Gasteiger partial charge in [-0.3, -0.25) is 4.79 Å². The summed E-state index contributed by atoms with van der Waals surface area (Å²) in [6.45, 7) is 8.19. The molecule has 2 rings (SSSR count). The number of hydrogen-bond acceptors (Lipinski definition) is 1. The minimum atomic E-state index is 0.00547. The summed E-state index contributed by atoms with van der Waals surface area (Å²) in [7, 11) is 0. The van der Waals surface area contributed by atoms with Crippen molar-refractivity contribution in [3.63, 3.8) is 0 Å². The molecule has 1 N–H and O–H groups in total. The lowest BCUT2D eigenvalue weighted by Crippen LogP contribution is -2.15. The molecule has 110 valence electrons. The third kappa shape index (κ3) is 3.94. The fourth-order valence-corrected chi connectivity index (χ4v) is 3.13. The number of halogens is 1. The van der Waals surface area contributed by atoms with Gasteiger partial charge in [-0.05, 0) is 77.5 Å². The molecule has 0 saturated heterocycles. The molecule has 0 atom stereocenters. The van der Waals surface area contributed by atoms with Crippen LogP contribution in [0, 0.1) is 27.7 Å². The highest BCUT2D eigenvalue weighted by molar-refractivity contribution is 9.10. The van der Waals surface area contributed by atoms with E-state index in [9.17, 15) is 4.79 Å². The van der Waals surface area contributed by atoms with E-state index in [1.807, 2.05) is 26.0 Å². The molecule has 0 unspecified atom stereocenters. The summed E-state index contributed by atoms with van der Waals surface area (Å²) in [4.78, 5) is 12.2. The van der Waals surface area contributed by atoms with Crippen molar-refractivity contribution in [1.82, 2.24) is 0 Å². The maximum atomic E-state index is 12.2. The van der Waals surface area contributed by atoms with Crippen LogP contribution in [0.2, 0.25) is 0 Å². The van der Waals surface area contributed by atoms with Gasteiger partial charge in [0.1, 0.15) is 0 Å². The number of hydrogen-bond donors (Lipinski definition) is 1. The fraction of sp³-hybridized carbons (Fsp3) is 0.278. The molecule has 0 aliphatic rings. The summed E-state index contributed by atoms with van der Waals surface area (Å²) in [6.07, 6.45) is 0.390. The third-order valence-electron chi connectivity index (χ3n) is 3.63. The number of carbonyl (C=O) groups excluding carboxylic acids is 1.